The lowest BCUT2D eigenvalue weighted by molar-refractivity contribution is 0.492. The Morgan fingerprint density at radius 3 is 2.56 bits per heavy atom. The first-order chi connectivity index (χ1) is 13.2. The lowest BCUT2D eigenvalue weighted by atomic mass is 10.2. The molecule has 7 heteroatoms. The maximum absolute atomic E-state index is 13.0. The fraction of sp³-hybridized carbons (Fsp3) is 0.150. The van der Waals surface area contributed by atoms with Gasteiger partial charge in [0.1, 0.15) is 0 Å². The molecule has 0 fully saturated rings. The van der Waals surface area contributed by atoms with E-state index in [0.29, 0.717) is 28.7 Å². The van der Waals surface area contributed by atoms with Gasteiger partial charge in [0.15, 0.2) is 5.16 Å². The minimum Gasteiger partial charge on any atom is -0.285 e. The van der Waals surface area contributed by atoms with Crippen molar-refractivity contribution in [1.29, 1.82) is 0 Å². The predicted octanol–water partition coefficient (Wildman–Crippen LogP) is 4.24. The first kappa shape index (κ1) is 17.8. The minimum absolute atomic E-state index is 0.0329. The molecule has 4 rings (SSSR count). The third-order valence-corrected chi connectivity index (χ3v) is 5.43. The lowest BCUT2D eigenvalue weighted by Gasteiger charge is -2.13. The van der Waals surface area contributed by atoms with E-state index in [1.807, 2.05) is 42.5 Å². The molecule has 0 N–H and O–H groups in total. The maximum atomic E-state index is 13.0. The first-order valence-electron chi connectivity index (χ1n) is 8.55. The smallest absolute Gasteiger partial charge is 0.262 e. The molecule has 0 aliphatic carbocycles. The zero-order valence-corrected chi connectivity index (χ0v) is 16.0. The van der Waals surface area contributed by atoms with Crippen molar-refractivity contribution < 1.29 is 0 Å². The van der Waals surface area contributed by atoms with Crippen LogP contribution in [0.15, 0.2) is 76.9 Å². The average Bonchev–Trinajstić information content (AvgIpc) is 3.12. The zero-order valence-electron chi connectivity index (χ0n) is 14.5. The fourth-order valence-corrected chi connectivity index (χ4v) is 3.98. The molecule has 0 saturated carbocycles. The normalized spacial score (nSPS) is 11.1. The summed E-state index contributed by atoms with van der Waals surface area (Å²) in [6, 6.07) is 17.6. The van der Waals surface area contributed by atoms with E-state index in [1.54, 1.807) is 33.4 Å². The van der Waals surface area contributed by atoms with Crippen LogP contribution in [0.25, 0.3) is 10.9 Å². The molecule has 0 atom stereocenters. The molecule has 0 radical (unpaired) electrons. The fourth-order valence-electron chi connectivity index (χ4n) is 2.84. The summed E-state index contributed by atoms with van der Waals surface area (Å²) in [5, 5.41) is 6.10. The van der Waals surface area contributed by atoms with E-state index >= 15 is 0 Å². The third kappa shape index (κ3) is 4.07. The molecular weight excluding hydrogens is 380 g/mol. The number of fused-ring (bicyclic) bond motifs is 1. The van der Waals surface area contributed by atoms with Crippen LogP contribution >= 0.6 is 23.4 Å². The molecule has 0 aliphatic rings. The van der Waals surface area contributed by atoms with Crippen molar-refractivity contribution in [3.63, 3.8) is 0 Å². The molecule has 0 amide bonds. The van der Waals surface area contributed by atoms with Gasteiger partial charge in [-0.2, -0.15) is 5.10 Å². The van der Waals surface area contributed by atoms with Gasteiger partial charge in [-0.15, -0.1) is 0 Å². The monoisotopic (exact) mass is 396 g/mol. The van der Waals surface area contributed by atoms with Crippen LogP contribution in [0.1, 0.15) is 5.56 Å². The van der Waals surface area contributed by atoms with Gasteiger partial charge < -0.3 is 0 Å². The highest BCUT2D eigenvalue weighted by Gasteiger charge is 2.12. The first-order valence-corrected chi connectivity index (χ1v) is 9.91. The molecule has 0 saturated heterocycles. The summed E-state index contributed by atoms with van der Waals surface area (Å²) in [7, 11) is 0. The number of rotatable bonds is 6. The Hall–Kier alpha value is -2.57. The SMILES string of the molecule is O=c1c2ccccc2nc(SCc2ccccc2)n1CCn1cc(Cl)cn1. The number of halogens is 1. The Labute approximate surface area is 165 Å². The van der Waals surface area contributed by atoms with Crippen molar-refractivity contribution >= 4 is 34.3 Å². The van der Waals surface area contributed by atoms with Crippen LogP contribution in [0.4, 0.5) is 0 Å². The minimum atomic E-state index is -0.0329. The van der Waals surface area contributed by atoms with Crippen LogP contribution in [0.2, 0.25) is 5.02 Å². The van der Waals surface area contributed by atoms with Gasteiger partial charge in [0, 0.05) is 18.5 Å². The van der Waals surface area contributed by atoms with Gasteiger partial charge in [-0.05, 0) is 17.7 Å². The van der Waals surface area contributed by atoms with Crippen LogP contribution < -0.4 is 5.56 Å². The highest BCUT2D eigenvalue weighted by Crippen LogP contribution is 2.22. The molecule has 0 unspecified atom stereocenters. The summed E-state index contributed by atoms with van der Waals surface area (Å²) >= 11 is 7.50. The highest BCUT2D eigenvalue weighted by molar-refractivity contribution is 7.98. The molecular formula is C20H17ClN4OS. The van der Waals surface area contributed by atoms with Crippen molar-refractivity contribution in [2.75, 3.05) is 0 Å². The number of aromatic nitrogens is 4. The summed E-state index contributed by atoms with van der Waals surface area (Å²) in [6.07, 6.45) is 3.34. The second-order valence-electron chi connectivity index (χ2n) is 6.06. The lowest BCUT2D eigenvalue weighted by Crippen LogP contribution is -2.25. The van der Waals surface area contributed by atoms with E-state index in [1.165, 1.54) is 5.56 Å². The largest absolute Gasteiger partial charge is 0.285 e. The number of hydrogen-bond donors (Lipinski definition) is 0. The average molecular weight is 397 g/mol. The van der Waals surface area contributed by atoms with Gasteiger partial charge in [0.2, 0.25) is 0 Å². The number of aryl methyl sites for hydroxylation is 1. The van der Waals surface area contributed by atoms with Crippen LogP contribution in [-0.4, -0.2) is 19.3 Å². The summed E-state index contributed by atoms with van der Waals surface area (Å²) in [6.45, 7) is 1.03. The molecule has 4 aromatic rings. The van der Waals surface area contributed by atoms with Crippen molar-refractivity contribution in [3.05, 3.63) is 87.9 Å². The molecule has 5 nitrogen and oxygen atoms in total. The van der Waals surface area contributed by atoms with Crippen molar-refractivity contribution in [3.8, 4) is 0 Å². The Bertz CT molecular complexity index is 1120. The van der Waals surface area contributed by atoms with Crippen LogP contribution in [-0.2, 0) is 18.8 Å². The third-order valence-electron chi connectivity index (χ3n) is 4.19. The Morgan fingerprint density at radius 2 is 1.78 bits per heavy atom. The van der Waals surface area contributed by atoms with Crippen LogP contribution in [0.3, 0.4) is 0 Å². The number of thioether (sulfide) groups is 1. The molecule has 136 valence electrons. The van der Waals surface area contributed by atoms with Gasteiger partial charge in [-0.3, -0.25) is 14.0 Å². The van der Waals surface area contributed by atoms with E-state index < -0.39 is 0 Å². The molecule has 0 bridgehead atoms. The van der Waals surface area contributed by atoms with Gasteiger partial charge in [-0.1, -0.05) is 65.8 Å². The van der Waals surface area contributed by atoms with Crippen LogP contribution in [0, 0.1) is 0 Å². The highest BCUT2D eigenvalue weighted by atomic mass is 35.5. The van der Waals surface area contributed by atoms with E-state index in [4.69, 9.17) is 16.6 Å². The molecule has 2 aromatic carbocycles. The van der Waals surface area contributed by atoms with Crippen molar-refractivity contribution in [2.24, 2.45) is 0 Å². The summed E-state index contributed by atoms with van der Waals surface area (Å²) in [5.74, 6) is 0.749. The van der Waals surface area contributed by atoms with Gasteiger partial charge in [-0.25, -0.2) is 4.98 Å². The van der Waals surface area contributed by atoms with Crippen molar-refractivity contribution in [1.82, 2.24) is 19.3 Å². The maximum Gasteiger partial charge on any atom is 0.262 e. The quantitative estimate of drug-likeness (QED) is 0.361. The van der Waals surface area contributed by atoms with E-state index in [0.717, 1.165) is 11.3 Å². The number of nitrogens with zero attached hydrogens (tertiary/aromatic N) is 4. The van der Waals surface area contributed by atoms with Crippen LogP contribution in [0.5, 0.6) is 0 Å². The number of para-hydroxylation sites is 1. The Kier molecular flexibility index (Phi) is 5.27. The van der Waals surface area contributed by atoms with Gasteiger partial charge in [0.25, 0.3) is 5.56 Å². The van der Waals surface area contributed by atoms with E-state index in [-0.39, 0.29) is 5.56 Å². The van der Waals surface area contributed by atoms with Gasteiger partial charge in [0.05, 0.1) is 28.7 Å². The second-order valence-corrected chi connectivity index (χ2v) is 7.44. The summed E-state index contributed by atoms with van der Waals surface area (Å²) in [5.41, 5.74) is 1.88. The summed E-state index contributed by atoms with van der Waals surface area (Å²) < 4.78 is 3.46. The zero-order chi connectivity index (χ0) is 18.6. The Morgan fingerprint density at radius 1 is 1.00 bits per heavy atom. The second kappa shape index (κ2) is 7.98. The summed E-state index contributed by atoms with van der Waals surface area (Å²) in [4.78, 5) is 17.8. The molecule has 2 aromatic heterocycles. The van der Waals surface area contributed by atoms with E-state index in [9.17, 15) is 4.79 Å². The Balaban J connectivity index is 1.67. The van der Waals surface area contributed by atoms with Crippen molar-refractivity contribution in [2.45, 2.75) is 24.0 Å². The topological polar surface area (TPSA) is 52.7 Å². The number of hydrogen-bond acceptors (Lipinski definition) is 4. The van der Waals surface area contributed by atoms with Gasteiger partial charge >= 0.3 is 0 Å². The molecule has 0 spiro atoms. The molecule has 2 heterocycles. The molecule has 27 heavy (non-hydrogen) atoms. The predicted molar refractivity (Wildman–Crippen MR) is 109 cm³/mol. The van der Waals surface area contributed by atoms with E-state index in [2.05, 4.69) is 17.2 Å². The molecule has 0 aliphatic heterocycles. The standard InChI is InChI=1S/C20H17ClN4OS/c21-16-12-22-24(13-16)10-11-25-19(26)17-8-4-5-9-18(17)23-20(25)27-14-15-6-2-1-3-7-15/h1-9,12-13H,10-11,14H2. The number of benzene rings is 2.